The van der Waals surface area contributed by atoms with Gasteiger partial charge in [0.25, 0.3) is 0 Å². The summed E-state index contributed by atoms with van der Waals surface area (Å²) in [6, 6.07) is 10.0. The Balaban J connectivity index is 2.07. The third-order valence-corrected chi connectivity index (χ3v) is 3.58. The lowest BCUT2D eigenvalue weighted by atomic mass is 10.2. The highest BCUT2D eigenvalue weighted by atomic mass is 79.9. The van der Waals surface area contributed by atoms with E-state index >= 15 is 0 Å². The number of halogens is 2. The Hall–Kier alpha value is -1.59. The summed E-state index contributed by atoms with van der Waals surface area (Å²) in [5.41, 5.74) is 1.44. The minimum Gasteiger partial charge on any atom is -0.494 e. The molecule has 0 fully saturated rings. The highest BCUT2D eigenvalue weighted by Gasteiger charge is 2.05. The van der Waals surface area contributed by atoms with Gasteiger partial charge in [-0.3, -0.25) is 0 Å². The molecule has 2 aromatic carbocycles. The average Bonchev–Trinajstić information content (AvgIpc) is 2.46. The zero-order chi connectivity index (χ0) is 14.5. The molecule has 0 spiro atoms. The van der Waals surface area contributed by atoms with Gasteiger partial charge in [0.1, 0.15) is 12.4 Å². The fourth-order valence-corrected chi connectivity index (χ4v) is 2.10. The van der Waals surface area contributed by atoms with Crippen LogP contribution in [0.15, 0.2) is 40.9 Å². The monoisotopic (exact) mass is 340 g/mol. The topological polar surface area (TPSA) is 38.7 Å². The fourth-order valence-electron chi connectivity index (χ4n) is 1.73. The van der Waals surface area contributed by atoms with E-state index in [0.717, 1.165) is 10.0 Å². The van der Waals surface area contributed by atoms with Crippen molar-refractivity contribution in [3.05, 3.63) is 57.8 Å². The second-order valence-electron chi connectivity index (χ2n) is 4.17. The van der Waals surface area contributed by atoms with E-state index in [4.69, 9.17) is 9.47 Å². The van der Waals surface area contributed by atoms with Gasteiger partial charge in [0.2, 0.25) is 0 Å². The minimum atomic E-state index is -0.416. The molecule has 0 unspecified atom stereocenters. The Morgan fingerprint density at radius 2 is 2.00 bits per heavy atom. The summed E-state index contributed by atoms with van der Waals surface area (Å²) in [7, 11) is 1.42. The fraction of sp³-hybridized carbons (Fsp3) is 0.200. The molecule has 0 radical (unpaired) electrons. The summed E-state index contributed by atoms with van der Waals surface area (Å²) < 4.78 is 24.8. The molecule has 1 N–H and O–H groups in total. The smallest absolute Gasteiger partial charge is 0.165 e. The van der Waals surface area contributed by atoms with Gasteiger partial charge in [-0.25, -0.2) is 4.39 Å². The van der Waals surface area contributed by atoms with Gasteiger partial charge in [-0.1, -0.05) is 22.0 Å². The molecule has 5 heteroatoms. The quantitative estimate of drug-likeness (QED) is 0.902. The molecule has 0 saturated heterocycles. The number of methoxy groups -OCH3 is 1. The molecule has 0 saturated carbocycles. The van der Waals surface area contributed by atoms with Gasteiger partial charge in [-0.05, 0) is 41.5 Å². The Bertz CT molecular complexity index is 602. The number of benzene rings is 2. The SMILES string of the molecule is COc1ccc(COc2ccc(Br)c(CO)c2)cc1F. The number of hydrogen-bond acceptors (Lipinski definition) is 3. The van der Waals surface area contributed by atoms with E-state index in [1.807, 2.05) is 0 Å². The molecule has 2 rings (SSSR count). The van der Waals surface area contributed by atoms with Gasteiger partial charge in [0, 0.05) is 4.47 Å². The molecule has 0 bridgehead atoms. The number of ether oxygens (including phenoxy) is 2. The molecule has 106 valence electrons. The van der Waals surface area contributed by atoms with Crippen LogP contribution in [0.1, 0.15) is 11.1 Å². The van der Waals surface area contributed by atoms with Crippen LogP contribution in [0.25, 0.3) is 0 Å². The van der Waals surface area contributed by atoms with Crippen LogP contribution in [0, 0.1) is 5.82 Å². The van der Waals surface area contributed by atoms with Crippen molar-refractivity contribution in [2.24, 2.45) is 0 Å². The van der Waals surface area contributed by atoms with Crippen LogP contribution < -0.4 is 9.47 Å². The van der Waals surface area contributed by atoms with E-state index < -0.39 is 5.82 Å². The Labute approximate surface area is 125 Å². The van der Waals surface area contributed by atoms with Gasteiger partial charge in [-0.2, -0.15) is 0 Å². The molecular weight excluding hydrogens is 327 g/mol. The normalized spacial score (nSPS) is 10.4. The van der Waals surface area contributed by atoms with Crippen LogP contribution in [0.2, 0.25) is 0 Å². The molecule has 0 atom stereocenters. The predicted octanol–water partition coefficient (Wildman–Crippen LogP) is 3.67. The standard InChI is InChI=1S/C15H14BrFO3/c1-19-15-5-2-10(6-14(15)17)9-20-12-3-4-13(16)11(7-12)8-18/h2-7,18H,8-9H2,1H3. The van der Waals surface area contributed by atoms with Crippen LogP contribution in [-0.4, -0.2) is 12.2 Å². The van der Waals surface area contributed by atoms with E-state index in [9.17, 15) is 9.50 Å². The summed E-state index contributed by atoms with van der Waals surface area (Å²) in [5, 5.41) is 9.17. The molecule has 0 aliphatic carbocycles. The lowest BCUT2D eigenvalue weighted by Crippen LogP contribution is -1.98. The highest BCUT2D eigenvalue weighted by Crippen LogP contribution is 2.24. The van der Waals surface area contributed by atoms with Crippen molar-refractivity contribution >= 4 is 15.9 Å². The lowest BCUT2D eigenvalue weighted by molar-refractivity contribution is 0.277. The van der Waals surface area contributed by atoms with Crippen LogP contribution >= 0.6 is 15.9 Å². The van der Waals surface area contributed by atoms with E-state index in [2.05, 4.69) is 15.9 Å². The maximum atomic E-state index is 13.5. The zero-order valence-electron chi connectivity index (χ0n) is 10.9. The molecule has 20 heavy (non-hydrogen) atoms. The van der Waals surface area contributed by atoms with Crippen molar-refractivity contribution in [1.82, 2.24) is 0 Å². The van der Waals surface area contributed by atoms with Crippen LogP contribution in [0.5, 0.6) is 11.5 Å². The van der Waals surface area contributed by atoms with E-state index in [-0.39, 0.29) is 19.0 Å². The largest absolute Gasteiger partial charge is 0.494 e. The molecule has 0 amide bonds. The van der Waals surface area contributed by atoms with Crippen molar-refractivity contribution in [1.29, 1.82) is 0 Å². The second-order valence-corrected chi connectivity index (χ2v) is 5.02. The molecule has 2 aromatic rings. The first-order valence-corrected chi connectivity index (χ1v) is 6.78. The van der Waals surface area contributed by atoms with Crippen LogP contribution in [0.3, 0.4) is 0 Å². The van der Waals surface area contributed by atoms with Crippen molar-refractivity contribution < 1.29 is 19.0 Å². The van der Waals surface area contributed by atoms with Gasteiger partial charge in [0.05, 0.1) is 13.7 Å². The number of rotatable bonds is 5. The van der Waals surface area contributed by atoms with E-state index in [1.54, 1.807) is 30.3 Å². The van der Waals surface area contributed by atoms with Crippen molar-refractivity contribution in [3.8, 4) is 11.5 Å². The summed E-state index contributed by atoms with van der Waals surface area (Å²) in [6.07, 6.45) is 0. The third-order valence-electron chi connectivity index (χ3n) is 2.81. The molecule has 0 heterocycles. The van der Waals surface area contributed by atoms with Gasteiger partial charge >= 0.3 is 0 Å². The Kier molecular flexibility index (Phi) is 4.98. The summed E-state index contributed by atoms with van der Waals surface area (Å²) in [4.78, 5) is 0. The van der Waals surface area contributed by atoms with Crippen LogP contribution in [-0.2, 0) is 13.2 Å². The first-order valence-electron chi connectivity index (χ1n) is 5.98. The number of aliphatic hydroxyl groups excluding tert-OH is 1. The Morgan fingerprint density at radius 3 is 2.65 bits per heavy atom. The summed E-state index contributed by atoms with van der Waals surface area (Å²) in [6.45, 7) is 0.169. The maximum Gasteiger partial charge on any atom is 0.165 e. The van der Waals surface area contributed by atoms with Crippen molar-refractivity contribution in [2.75, 3.05) is 7.11 Å². The van der Waals surface area contributed by atoms with Gasteiger partial charge in [0.15, 0.2) is 11.6 Å². The molecule has 3 nitrogen and oxygen atoms in total. The van der Waals surface area contributed by atoms with Crippen LogP contribution in [0.4, 0.5) is 4.39 Å². The molecule has 0 aromatic heterocycles. The Morgan fingerprint density at radius 1 is 1.20 bits per heavy atom. The van der Waals surface area contributed by atoms with Crippen molar-refractivity contribution in [2.45, 2.75) is 13.2 Å². The van der Waals surface area contributed by atoms with E-state index in [1.165, 1.54) is 13.2 Å². The van der Waals surface area contributed by atoms with Crippen molar-refractivity contribution in [3.63, 3.8) is 0 Å². The molecule has 0 aliphatic heterocycles. The first-order chi connectivity index (χ1) is 9.63. The average molecular weight is 341 g/mol. The number of hydrogen-bond donors (Lipinski definition) is 1. The van der Waals surface area contributed by atoms with E-state index in [0.29, 0.717) is 11.3 Å². The minimum absolute atomic E-state index is 0.0745. The lowest BCUT2D eigenvalue weighted by Gasteiger charge is -2.09. The predicted molar refractivity (Wildman–Crippen MR) is 77.3 cm³/mol. The first kappa shape index (κ1) is 14.8. The highest BCUT2D eigenvalue weighted by molar-refractivity contribution is 9.10. The maximum absolute atomic E-state index is 13.5. The molecular formula is C15H14BrFO3. The summed E-state index contributed by atoms with van der Waals surface area (Å²) >= 11 is 3.33. The number of aliphatic hydroxyl groups is 1. The third kappa shape index (κ3) is 3.49. The summed E-state index contributed by atoms with van der Waals surface area (Å²) in [5.74, 6) is 0.411. The molecule has 0 aliphatic rings. The van der Waals surface area contributed by atoms with Gasteiger partial charge in [-0.15, -0.1) is 0 Å². The second kappa shape index (κ2) is 6.72. The zero-order valence-corrected chi connectivity index (χ0v) is 12.5. The van der Waals surface area contributed by atoms with Gasteiger partial charge < -0.3 is 14.6 Å².